The molecule has 0 spiro atoms. The largest absolute Gasteiger partial charge is 0.294 e. The Bertz CT molecular complexity index is 1370. The lowest BCUT2D eigenvalue weighted by molar-refractivity contribution is 0.0729. The van der Waals surface area contributed by atoms with Crippen molar-refractivity contribution in [3.05, 3.63) is 94.1 Å². The Balaban J connectivity index is 0.000000181. The van der Waals surface area contributed by atoms with E-state index >= 15 is 0 Å². The van der Waals surface area contributed by atoms with E-state index in [1.165, 1.54) is 12.2 Å². The third kappa shape index (κ3) is 5.01. The van der Waals surface area contributed by atoms with Gasteiger partial charge in [-0.15, -0.1) is 0 Å². The Labute approximate surface area is 226 Å². The molecule has 2 atom stereocenters. The molecule has 2 aromatic rings. The number of carbonyl (C=O) groups is 4. The molecule has 0 N–H and O–H groups in total. The summed E-state index contributed by atoms with van der Waals surface area (Å²) in [6, 6.07) is 11.4. The van der Waals surface area contributed by atoms with Crippen LogP contribution >= 0.6 is 0 Å². The minimum Gasteiger partial charge on any atom is -0.294 e. The third-order valence-electron chi connectivity index (χ3n) is 8.92. The second-order valence-electron chi connectivity index (χ2n) is 11.9. The van der Waals surface area contributed by atoms with E-state index in [0.29, 0.717) is 35.1 Å². The van der Waals surface area contributed by atoms with Crippen LogP contribution < -0.4 is 0 Å². The summed E-state index contributed by atoms with van der Waals surface area (Å²) in [5.74, 6) is -0.128. The van der Waals surface area contributed by atoms with Crippen molar-refractivity contribution in [2.45, 2.75) is 78.1 Å². The first-order valence-corrected chi connectivity index (χ1v) is 13.7. The number of ketones is 4. The normalized spacial score (nSPS) is 20.4. The molecule has 5 rings (SSSR count). The molecular weight excluding hydrogens is 472 g/mol. The highest BCUT2D eigenvalue weighted by Crippen LogP contribution is 2.39. The third-order valence-corrected chi connectivity index (χ3v) is 8.92. The Morgan fingerprint density at radius 2 is 1.03 bits per heavy atom. The minimum atomic E-state index is -0.144. The number of hydrogen-bond donors (Lipinski definition) is 0. The first-order chi connectivity index (χ1) is 17.9. The Morgan fingerprint density at radius 3 is 1.53 bits per heavy atom. The van der Waals surface area contributed by atoms with Gasteiger partial charge in [0, 0.05) is 34.1 Å². The first kappa shape index (κ1) is 27.6. The van der Waals surface area contributed by atoms with Gasteiger partial charge in [-0.2, -0.15) is 0 Å². The zero-order valence-corrected chi connectivity index (χ0v) is 23.4. The SMILES string of the molecule is CCC(C)(C)c1ccc2c(c1)C(=O)C1CC=CCC1C2=O.CCC(C)(C)c1ccc2c(c1)C(=O)C=CC2=O. The highest BCUT2D eigenvalue weighted by Gasteiger charge is 2.41. The number of hydrogen-bond acceptors (Lipinski definition) is 4. The van der Waals surface area contributed by atoms with Crippen molar-refractivity contribution in [2.75, 3.05) is 0 Å². The van der Waals surface area contributed by atoms with Gasteiger partial charge in [-0.25, -0.2) is 0 Å². The van der Waals surface area contributed by atoms with Crippen molar-refractivity contribution in [2.24, 2.45) is 11.8 Å². The molecular formula is C34H38O4. The van der Waals surface area contributed by atoms with Crippen LogP contribution in [0.1, 0.15) is 120 Å². The Hall–Kier alpha value is -3.40. The van der Waals surface area contributed by atoms with Gasteiger partial charge in [0.2, 0.25) is 0 Å². The van der Waals surface area contributed by atoms with Crippen molar-refractivity contribution in [3.8, 4) is 0 Å². The Kier molecular flexibility index (Phi) is 7.56. The van der Waals surface area contributed by atoms with Crippen LogP contribution in [0.4, 0.5) is 0 Å². The molecule has 0 amide bonds. The molecule has 0 fully saturated rings. The summed E-state index contributed by atoms with van der Waals surface area (Å²) in [6.45, 7) is 12.9. The maximum absolute atomic E-state index is 12.8. The van der Waals surface area contributed by atoms with Gasteiger partial charge in [-0.05, 0) is 71.9 Å². The predicted octanol–water partition coefficient (Wildman–Crippen LogP) is 7.65. The van der Waals surface area contributed by atoms with Gasteiger partial charge in [-0.3, -0.25) is 19.2 Å². The van der Waals surface area contributed by atoms with Crippen molar-refractivity contribution < 1.29 is 19.2 Å². The molecule has 0 heterocycles. The van der Waals surface area contributed by atoms with E-state index in [1.54, 1.807) is 6.07 Å². The second-order valence-corrected chi connectivity index (χ2v) is 11.9. The molecule has 0 bridgehead atoms. The molecule has 0 radical (unpaired) electrons. The zero-order chi connectivity index (χ0) is 27.8. The lowest BCUT2D eigenvalue weighted by Gasteiger charge is -2.33. The van der Waals surface area contributed by atoms with Gasteiger partial charge in [0.05, 0.1) is 0 Å². The lowest BCUT2D eigenvalue weighted by Crippen LogP contribution is -2.37. The maximum Gasteiger partial charge on any atom is 0.186 e. The van der Waals surface area contributed by atoms with Crippen LogP contribution in [0, 0.1) is 11.8 Å². The molecule has 198 valence electrons. The number of rotatable bonds is 4. The molecule has 0 saturated heterocycles. The summed E-state index contributed by atoms with van der Waals surface area (Å²) in [5.41, 5.74) is 4.65. The molecule has 3 aliphatic rings. The number of allylic oxidation sites excluding steroid dienone is 4. The van der Waals surface area contributed by atoms with Gasteiger partial charge in [0.15, 0.2) is 23.1 Å². The van der Waals surface area contributed by atoms with E-state index in [1.807, 2.05) is 42.5 Å². The summed E-state index contributed by atoms with van der Waals surface area (Å²) in [4.78, 5) is 48.8. The summed E-state index contributed by atoms with van der Waals surface area (Å²) in [7, 11) is 0. The average molecular weight is 511 g/mol. The number of fused-ring (bicyclic) bond motifs is 3. The molecule has 4 nitrogen and oxygen atoms in total. The molecule has 0 aliphatic heterocycles. The highest BCUT2D eigenvalue weighted by atomic mass is 16.1. The van der Waals surface area contributed by atoms with Crippen LogP contribution in [0.3, 0.4) is 0 Å². The van der Waals surface area contributed by atoms with E-state index in [0.717, 1.165) is 24.0 Å². The topological polar surface area (TPSA) is 68.3 Å². The second kappa shape index (κ2) is 10.4. The molecule has 38 heavy (non-hydrogen) atoms. The standard InChI is InChI=1S/C19H22O2.C15H16O2/c1-4-19(2,3)12-9-10-15-16(11-12)18(21)14-8-6-5-7-13(14)17(15)20;1-4-15(2,3)10-5-6-11-12(9-10)14(17)8-7-13(11)16/h5-6,9-11,13-14H,4,7-8H2,1-3H3;5-9H,4H2,1-3H3. The van der Waals surface area contributed by atoms with Crippen LogP contribution in [0.2, 0.25) is 0 Å². The van der Waals surface area contributed by atoms with Crippen molar-refractivity contribution >= 4 is 23.1 Å². The van der Waals surface area contributed by atoms with Gasteiger partial charge < -0.3 is 0 Å². The fourth-order valence-electron chi connectivity index (χ4n) is 5.30. The van der Waals surface area contributed by atoms with Crippen molar-refractivity contribution in [1.29, 1.82) is 0 Å². The van der Waals surface area contributed by atoms with Crippen LogP contribution in [0.5, 0.6) is 0 Å². The number of Topliss-reactive ketones (excluding diaryl/α,β-unsaturated/α-hetero) is 2. The monoisotopic (exact) mass is 510 g/mol. The predicted molar refractivity (Wildman–Crippen MR) is 151 cm³/mol. The van der Waals surface area contributed by atoms with Gasteiger partial charge in [-0.1, -0.05) is 78.0 Å². The molecule has 4 heteroatoms. The summed E-state index contributed by atoms with van der Waals surface area (Å²) in [5, 5.41) is 0. The molecule has 2 aromatic carbocycles. The first-order valence-electron chi connectivity index (χ1n) is 13.7. The number of benzene rings is 2. The molecule has 0 aromatic heterocycles. The van der Waals surface area contributed by atoms with E-state index in [2.05, 4.69) is 41.5 Å². The summed E-state index contributed by atoms with van der Waals surface area (Å²) < 4.78 is 0. The fourth-order valence-corrected chi connectivity index (χ4v) is 5.30. The van der Waals surface area contributed by atoms with E-state index in [4.69, 9.17) is 0 Å². The van der Waals surface area contributed by atoms with Crippen LogP contribution in [0.25, 0.3) is 0 Å². The van der Waals surface area contributed by atoms with E-state index in [9.17, 15) is 19.2 Å². The zero-order valence-electron chi connectivity index (χ0n) is 23.4. The lowest BCUT2D eigenvalue weighted by atomic mass is 9.68. The van der Waals surface area contributed by atoms with Gasteiger partial charge in [0.25, 0.3) is 0 Å². The maximum atomic E-state index is 12.8. The Morgan fingerprint density at radius 1 is 0.605 bits per heavy atom. The summed E-state index contributed by atoms with van der Waals surface area (Å²) in [6.07, 6.45) is 10.2. The highest BCUT2D eigenvalue weighted by molar-refractivity contribution is 6.22. The van der Waals surface area contributed by atoms with Crippen LogP contribution in [-0.2, 0) is 10.8 Å². The quantitative estimate of drug-likeness (QED) is 0.396. The van der Waals surface area contributed by atoms with Gasteiger partial charge in [0.1, 0.15) is 0 Å². The van der Waals surface area contributed by atoms with Crippen LogP contribution in [0.15, 0.2) is 60.7 Å². The fraction of sp³-hybridized carbons (Fsp3) is 0.412. The van der Waals surface area contributed by atoms with Gasteiger partial charge >= 0.3 is 0 Å². The summed E-state index contributed by atoms with van der Waals surface area (Å²) >= 11 is 0. The number of carbonyl (C=O) groups excluding carboxylic acids is 4. The molecule has 3 aliphatic carbocycles. The minimum absolute atomic E-state index is 0.0273. The van der Waals surface area contributed by atoms with Crippen LogP contribution in [-0.4, -0.2) is 23.1 Å². The molecule has 0 saturated carbocycles. The van der Waals surface area contributed by atoms with Crippen molar-refractivity contribution in [3.63, 3.8) is 0 Å². The van der Waals surface area contributed by atoms with E-state index < -0.39 is 0 Å². The average Bonchev–Trinajstić information content (AvgIpc) is 2.93. The molecule has 2 unspecified atom stereocenters. The van der Waals surface area contributed by atoms with Crippen molar-refractivity contribution in [1.82, 2.24) is 0 Å². The smallest absolute Gasteiger partial charge is 0.186 e. The van der Waals surface area contributed by atoms with E-state index in [-0.39, 0.29) is 45.8 Å².